The molecule has 0 spiro atoms. The van der Waals surface area contributed by atoms with E-state index >= 15 is 0 Å². The van der Waals surface area contributed by atoms with Crippen molar-refractivity contribution in [3.05, 3.63) is 248 Å². The van der Waals surface area contributed by atoms with Crippen LogP contribution in [0.5, 0.6) is 11.5 Å². The molecule has 0 amide bonds. The monoisotopic (exact) mass is 910 g/mol. The predicted octanol–water partition coefficient (Wildman–Crippen LogP) is 16.3. The molecule has 0 bridgehead atoms. The molecular formula is C65H48N4O. The highest BCUT2D eigenvalue weighted by Crippen LogP contribution is 2.43. The first-order chi connectivity index (χ1) is 38.5. The number of ether oxygens (including phenoxy) is 1. The van der Waals surface area contributed by atoms with Crippen LogP contribution < -0.4 is 9.30 Å². The number of fused-ring (bicyclic) bond motifs is 7. The molecule has 0 atom stereocenters. The molecule has 10 aromatic carbocycles. The predicted molar refractivity (Wildman–Crippen MR) is 288 cm³/mol. The van der Waals surface area contributed by atoms with Gasteiger partial charge in [-0.05, 0) is 87.8 Å². The number of nitrogens with zero attached hydrogens (tertiary/aromatic N) is 4. The largest absolute Gasteiger partial charge is 0.456 e. The van der Waals surface area contributed by atoms with Crippen LogP contribution in [0, 0.1) is 6.33 Å². The summed E-state index contributed by atoms with van der Waals surface area (Å²) in [5.41, 5.74) is 9.01. The Kier molecular flexibility index (Phi) is 7.48. The van der Waals surface area contributed by atoms with Crippen molar-refractivity contribution in [2.45, 2.75) is 26.2 Å². The van der Waals surface area contributed by atoms with Gasteiger partial charge in [-0.1, -0.05) is 196 Å². The maximum absolute atomic E-state index is 9.13. The summed E-state index contributed by atoms with van der Waals surface area (Å²) in [6.07, 6.45) is 3.51. The van der Waals surface area contributed by atoms with Crippen molar-refractivity contribution in [1.82, 2.24) is 13.7 Å². The Hall–Kier alpha value is -8.93. The average Bonchev–Trinajstić information content (AvgIpc) is 4.19. The van der Waals surface area contributed by atoms with Gasteiger partial charge in [0.15, 0.2) is 5.75 Å². The fourth-order valence-electron chi connectivity index (χ4n) is 10.0. The number of hydrogen-bond donors (Lipinski definition) is 0. The van der Waals surface area contributed by atoms with Crippen molar-refractivity contribution < 1.29 is 23.0 Å². The number of aromatic nitrogens is 4. The second-order valence-electron chi connectivity index (χ2n) is 18.4. The lowest BCUT2D eigenvalue weighted by Gasteiger charge is -2.21. The summed E-state index contributed by atoms with van der Waals surface area (Å²) in [5.74, 6) is 1.09. The average molecular weight is 911 g/mol. The van der Waals surface area contributed by atoms with Gasteiger partial charge in [0.25, 0.3) is 6.33 Å². The molecule has 334 valence electrons. The van der Waals surface area contributed by atoms with Gasteiger partial charge in [-0.3, -0.25) is 9.13 Å². The van der Waals surface area contributed by atoms with E-state index in [2.05, 4.69) is 133 Å². The van der Waals surface area contributed by atoms with E-state index in [9.17, 15) is 0 Å². The van der Waals surface area contributed by atoms with Crippen LogP contribution in [0.4, 0.5) is 0 Å². The number of hydrogen-bond acceptors (Lipinski definition) is 1. The second-order valence-corrected chi connectivity index (χ2v) is 18.4. The summed E-state index contributed by atoms with van der Waals surface area (Å²) in [6.45, 7) is 6.65. The summed E-state index contributed by atoms with van der Waals surface area (Å²) in [5, 5.41) is 4.34. The Morgan fingerprint density at radius 3 is 1.66 bits per heavy atom. The Morgan fingerprint density at radius 1 is 0.471 bits per heavy atom. The zero-order chi connectivity index (χ0) is 55.6. The number of imidazole rings is 1. The zero-order valence-electron chi connectivity index (χ0n) is 48.4. The third-order valence-electron chi connectivity index (χ3n) is 13.2. The van der Waals surface area contributed by atoms with Crippen LogP contribution in [-0.2, 0) is 5.41 Å². The van der Waals surface area contributed by atoms with Gasteiger partial charge in [-0.25, -0.2) is 0 Å². The molecule has 0 N–H and O–H groups in total. The van der Waals surface area contributed by atoms with E-state index in [1.165, 1.54) is 5.56 Å². The summed E-state index contributed by atoms with van der Waals surface area (Å²) >= 11 is 0. The topological polar surface area (TPSA) is 27.9 Å². The molecule has 0 aliphatic carbocycles. The summed E-state index contributed by atoms with van der Waals surface area (Å²) in [4.78, 5) is 0. The third kappa shape index (κ3) is 6.81. The third-order valence-corrected chi connectivity index (χ3v) is 13.2. The van der Waals surface area contributed by atoms with Crippen molar-refractivity contribution in [2.24, 2.45) is 0 Å². The quantitative estimate of drug-likeness (QED) is 0.110. The fourth-order valence-corrected chi connectivity index (χ4v) is 10.0. The molecule has 0 aliphatic rings. The maximum atomic E-state index is 9.13. The molecular weight excluding hydrogens is 853 g/mol. The Labute approximate surface area is 421 Å². The summed E-state index contributed by atoms with van der Waals surface area (Å²) < 4.78 is 103. The lowest BCUT2D eigenvalue weighted by Crippen LogP contribution is -2.31. The maximum Gasteiger partial charge on any atom is 0.269 e. The van der Waals surface area contributed by atoms with Gasteiger partial charge in [0.1, 0.15) is 5.75 Å². The van der Waals surface area contributed by atoms with Crippen LogP contribution in [0.3, 0.4) is 0 Å². The van der Waals surface area contributed by atoms with Gasteiger partial charge >= 0.3 is 0 Å². The molecule has 0 fully saturated rings. The van der Waals surface area contributed by atoms with Crippen LogP contribution in [-0.4, -0.2) is 13.7 Å². The molecule has 0 unspecified atom stereocenters. The van der Waals surface area contributed by atoms with E-state index in [-0.39, 0.29) is 33.4 Å². The first-order valence-electron chi connectivity index (χ1n) is 28.2. The van der Waals surface area contributed by atoms with Crippen LogP contribution in [0.25, 0.3) is 99.6 Å². The Balaban J connectivity index is 1.05. The van der Waals surface area contributed by atoms with Crippen molar-refractivity contribution in [1.29, 1.82) is 0 Å². The number of rotatable bonds is 8. The number of para-hydroxylation sites is 6. The second kappa shape index (κ2) is 16.4. The summed E-state index contributed by atoms with van der Waals surface area (Å²) in [7, 11) is 0. The highest BCUT2D eigenvalue weighted by molar-refractivity contribution is 6.13. The van der Waals surface area contributed by atoms with Crippen LogP contribution in [0.1, 0.15) is 40.0 Å². The highest BCUT2D eigenvalue weighted by atomic mass is 16.5. The Morgan fingerprint density at radius 2 is 1.01 bits per heavy atom. The molecule has 0 saturated carbocycles. The van der Waals surface area contributed by atoms with Gasteiger partial charge in [-0.15, -0.1) is 0 Å². The first kappa shape index (κ1) is 31.9. The molecule has 3 heterocycles. The van der Waals surface area contributed by atoms with Crippen molar-refractivity contribution in [3.8, 4) is 56.5 Å². The first-order valence-corrected chi connectivity index (χ1v) is 23.2. The van der Waals surface area contributed by atoms with E-state index in [1.54, 1.807) is 22.8 Å². The SMILES string of the molecule is [2H]c1c([2H])c([2H])c(-c2cccc(-c3c([2H])c([2H])c([2H])c([2H])c3[2H])c2-[n+]2[c-]n(-c3cccc(Oc4cc5c(cc4-n4c6ccccc6c6ccccc64)c4ccccc4n5-c4cccc(C(C)(C)C)c4)c3)c3ccccc32)c([2H])c1[2H]. The van der Waals surface area contributed by atoms with Gasteiger partial charge in [0.05, 0.1) is 63.9 Å². The van der Waals surface area contributed by atoms with Gasteiger partial charge in [-0.2, -0.15) is 0 Å². The molecule has 5 nitrogen and oxygen atoms in total. The van der Waals surface area contributed by atoms with Crippen molar-refractivity contribution >= 4 is 54.6 Å². The Bertz CT molecular complexity index is 4560. The standard InChI is InChI=1S/C65H48N4O/c1-65(2,3)46-25-18-27-48(39-46)68-56-34-13-12-31-54(56)55-41-62(69-57-35-14-10-29-52(57)53-30-11-15-36-58(53)69)63(42-61(55)68)70-49-28-19-26-47(40-49)66-43-67(60-38-17-16-37-59(60)66)64-50(44-21-6-4-7-22-44)32-20-33-51(64)45-23-8-5-9-24-45/h4-42H,1-3H3/i4D,5D,6D,7D,8D,9D,21D,22D,23D,24D. The molecule has 0 aliphatic heterocycles. The number of benzene rings is 10. The van der Waals surface area contributed by atoms with Crippen LogP contribution in [0.15, 0.2) is 236 Å². The van der Waals surface area contributed by atoms with E-state index in [0.29, 0.717) is 28.2 Å². The van der Waals surface area contributed by atoms with E-state index in [4.69, 9.17) is 18.4 Å². The van der Waals surface area contributed by atoms with E-state index in [1.807, 2.05) is 65.2 Å². The van der Waals surface area contributed by atoms with Gasteiger partial charge < -0.3 is 13.9 Å². The van der Waals surface area contributed by atoms with Crippen molar-refractivity contribution in [3.63, 3.8) is 0 Å². The highest BCUT2D eigenvalue weighted by Gasteiger charge is 2.24. The summed E-state index contributed by atoms with van der Waals surface area (Å²) in [6, 6.07) is 52.9. The molecule has 5 heteroatoms. The van der Waals surface area contributed by atoms with E-state index in [0.717, 1.165) is 55.0 Å². The molecule has 0 saturated heterocycles. The minimum Gasteiger partial charge on any atom is -0.456 e. The van der Waals surface area contributed by atoms with Gasteiger partial charge in [0.2, 0.25) is 0 Å². The van der Waals surface area contributed by atoms with E-state index < -0.39 is 60.4 Å². The fraction of sp³-hybridized carbons (Fsp3) is 0.0615. The van der Waals surface area contributed by atoms with Crippen LogP contribution >= 0.6 is 0 Å². The zero-order valence-corrected chi connectivity index (χ0v) is 38.4. The van der Waals surface area contributed by atoms with Crippen molar-refractivity contribution in [2.75, 3.05) is 0 Å². The van der Waals surface area contributed by atoms with Gasteiger partial charge in [0, 0.05) is 33.3 Å². The smallest absolute Gasteiger partial charge is 0.269 e. The minimum absolute atomic E-state index is 0.0974. The molecule has 3 aromatic heterocycles. The normalized spacial score (nSPS) is 13.9. The lowest BCUT2D eigenvalue weighted by molar-refractivity contribution is -0.571. The molecule has 13 aromatic rings. The molecule has 70 heavy (non-hydrogen) atoms. The van der Waals surface area contributed by atoms with Crippen LogP contribution in [0.2, 0.25) is 0 Å². The molecule has 13 rings (SSSR count). The minimum atomic E-state index is -0.569. The lowest BCUT2D eigenvalue weighted by atomic mass is 9.87. The molecule has 0 radical (unpaired) electrons.